The summed E-state index contributed by atoms with van der Waals surface area (Å²) < 4.78 is 19.3. The zero-order chi connectivity index (χ0) is 39.0. The van der Waals surface area contributed by atoms with E-state index in [4.69, 9.17) is 27.9 Å². The molecule has 0 bridgehead atoms. The van der Waals surface area contributed by atoms with Gasteiger partial charge in [-0.15, -0.1) is 23.2 Å². The number of imide groups is 2. The molecule has 2 aliphatic carbocycles. The van der Waals surface area contributed by atoms with E-state index in [0.29, 0.717) is 28.2 Å². The number of methoxy groups -OCH3 is 1. The number of nitrogens with zero attached hydrogens (tertiary/aromatic N) is 5. The van der Waals surface area contributed by atoms with Crippen molar-refractivity contribution in [1.82, 2.24) is 0 Å². The molecule has 6 unspecified atom stereocenters. The lowest BCUT2D eigenvalue weighted by Crippen LogP contribution is -2.60. The topological polar surface area (TPSA) is 132 Å². The van der Waals surface area contributed by atoms with Gasteiger partial charge >= 0.3 is 0 Å². The molecule has 2 saturated heterocycles. The van der Waals surface area contributed by atoms with Crippen LogP contribution in [0.4, 0.5) is 32.8 Å². The molecule has 2 heterocycles. The summed E-state index contributed by atoms with van der Waals surface area (Å²) in [7, 11) is 5.26. The number of rotatable bonds is 7. The molecule has 11 nitrogen and oxygen atoms in total. The molecule has 14 heteroatoms. The number of amides is 4. The fourth-order valence-electron chi connectivity index (χ4n) is 8.50. The molecule has 8 rings (SSSR count). The quantitative estimate of drug-likeness (QED) is 0.0877. The van der Waals surface area contributed by atoms with Crippen molar-refractivity contribution in [3.05, 3.63) is 114 Å². The van der Waals surface area contributed by atoms with Crippen LogP contribution in [0.5, 0.6) is 11.5 Å². The predicted molar refractivity (Wildman–Crippen MR) is 205 cm³/mol. The molecule has 0 aromatic heterocycles. The summed E-state index contributed by atoms with van der Waals surface area (Å²) in [6.45, 7) is 0. The Morgan fingerprint density at radius 3 is 2.02 bits per heavy atom. The first kappa shape index (κ1) is 36.4. The van der Waals surface area contributed by atoms with Crippen LogP contribution in [0.25, 0.3) is 0 Å². The Kier molecular flexibility index (Phi) is 8.81. The largest absolute Gasteiger partial charge is 0.504 e. The summed E-state index contributed by atoms with van der Waals surface area (Å²) in [5, 5.41) is 19.1. The molecule has 4 aromatic rings. The van der Waals surface area contributed by atoms with Crippen LogP contribution in [-0.2, 0) is 19.2 Å². The molecule has 4 aliphatic rings. The fraction of sp³-hybridized carbons (Fsp3) is 0.268. The monoisotopic (exact) mass is 781 g/mol. The molecule has 4 aromatic carbocycles. The van der Waals surface area contributed by atoms with Crippen LogP contribution >= 0.6 is 23.2 Å². The van der Waals surface area contributed by atoms with E-state index in [2.05, 4.69) is 10.2 Å². The summed E-state index contributed by atoms with van der Waals surface area (Å²) in [6.07, 6.45) is 1.74. The van der Waals surface area contributed by atoms with E-state index < -0.39 is 62.9 Å². The maximum absolute atomic E-state index is 14.6. The van der Waals surface area contributed by atoms with Gasteiger partial charge in [-0.2, -0.15) is 10.2 Å². The van der Waals surface area contributed by atoms with Gasteiger partial charge in [0.25, 0.3) is 11.8 Å². The van der Waals surface area contributed by atoms with Crippen LogP contribution in [0.3, 0.4) is 0 Å². The SMILES string of the molecule is COc1cc(C2C3=CCC4C(=O)N(c5ccc(N=Nc6ccc(N(C)C)cc6)cc5)C(=O)C4C3CC3(Cl)C(=O)N(c4ccc(F)cc4)C(=O)C23Cl)ccc1O. The second kappa shape index (κ2) is 13.3. The number of ether oxygens (including phenoxy) is 1. The third-order valence-electron chi connectivity index (χ3n) is 11.2. The van der Waals surface area contributed by atoms with Gasteiger partial charge in [-0.25, -0.2) is 9.29 Å². The Bertz CT molecular complexity index is 2320. The summed E-state index contributed by atoms with van der Waals surface area (Å²) >= 11 is 14.9. The predicted octanol–water partition coefficient (Wildman–Crippen LogP) is 7.79. The molecular formula is C41H34Cl2FN5O6. The Hall–Kier alpha value is -5.59. The molecule has 0 spiro atoms. The van der Waals surface area contributed by atoms with Crippen molar-refractivity contribution in [2.45, 2.75) is 28.5 Å². The molecule has 0 radical (unpaired) electrons. The molecule has 55 heavy (non-hydrogen) atoms. The number of hydrogen-bond acceptors (Lipinski definition) is 9. The highest BCUT2D eigenvalue weighted by Gasteiger charge is 2.76. The van der Waals surface area contributed by atoms with Gasteiger partial charge in [0.1, 0.15) is 5.82 Å². The third kappa shape index (κ3) is 5.52. The van der Waals surface area contributed by atoms with Crippen LogP contribution < -0.4 is 19.4 Å². The van der Waals surface area contributed by atoms with E-state index in [0.717, 1.165) is 27.6 Å². The average Bonchev–Trinajstić information content (AvgIpc) is 3.52. The molecule has 4 amide bonds. The second-order valence-corrected chi connectivity index (χ2v) is 15.6. The summed E-state index contributed by atoms with van der Waals surface area (Å²) in [6, 6.07) is 23.4. The Morgan fingerprint density at radius 1 is 0.800 bits per heavy atom. The zero-order valence-corrected chi connectivity index (χ0v) is 31.3. The lowest BCUT2D eigenvalue weighted by molar-refractivity contribution is -0.125. The number of carbonyl (C=O) groups excluding carboxylic acids is 4. The van der Waals surface area contributed by atoms with E-state index in [-0.39, 0.29) is 30.0 Å². The van der Waals surface area contributed by atoms with Gasteiger partial charge in [-0.05, 0) is 109 Å². The number of aromatic hydroxyl groups is 1. The number of alkyl halides is 2. The van der Waals surface area contributed by atoms with Crippen LogP contribution in [-0.4, -0.2) is 59.7 Å². The van der Waals surface area contributed by atoms with Crippen LogP contribution in [0, 0.1) is 23.6 Å². The number of allylic oxidation sites excluding steroid dienone is 2. The van der Waals surface area contributed by atoms with E-state index in [9.17, 15) is 28.7 Å². The highest BCUT2D eigenvalue weighted by molar-refractivity contribution is 6.58. The Morgan fingerprint density at radius 2 is 1.40 bits per heavy atom. The van der Waals surface area contributed by atoms with E-state index in [1.165, 1.54) is 31.4 Å². The Balaban J connectivity index is 1.15. The molecule has 6 atom stereocenters. The number of carbonyl (C=O) groups is 4. The lowest BCUT2D eigenvalue weighted by Gasteiger charge is -2.50. The van der Waals surface area contributed by atoms with E-state index in [1.807, 2.05) is 49.3 Å². The maximum atomic E-state index is 14.6. The van der Waals surface area contributed by atoms with Crippen molar-refractivity contribution < 1.29 is 33.4 Å². The maximum Gasteiger partial charge on any atom is 0.258 e. The van der Waals surface area contributed by atoms with Crippen molar-refractivity contribution in [2.75, 3.05) is 35.9 Å². The number of benzene rings is 4. The number of anilines is 3. The smallest absolute Gasteiger partial charge is 0.258 e. The Labute approximate surface area is 325 Å². The molecule has 280 valence electrons. The van der Waals surface area contributed by atoms with Gasteiger partial charge < -0.3 is 14.7 Å². The minimum absolute atomic E-state index is 0.0752. The van der Waals surface area contributed by atoms with E-state index >= 15 is 0 Å². The van der Waals surface area contributed by atoms with Crippen molar-refractivity contribution in [1.29, 1.82) is 0 Å². The second-order valence-electron chi connectivity index (χ2n) is 14.3. The van der Waals surface area contributed by atoms with Crippen molar-refractivity contribution >= 4 is 75.3 Å². The lowest BCUT2D eigenvalue weighted by atomic mass is 9.56. The van der Waals surface area contributed by atoms with Crippen LogP contribution in [0.15, 0.2) is 113 Å². The normalized spacial score (nSPS) is 27.3. The fourth-order valence-corrected chi connectivity index (χ4v) is 9.44. The number of fused-ring (bicyclic) bond motifs is 4. The van der Waals surface area contributed by atoms with Crippen molar-refractivity contribution in [2.24, 2.45) is 28.0 Å². The molecular weight excluding hydrogens is 748 g/mol. The number of halogens is 3. The van der Waals surface area contributed by atoms with Gasteiger partial charge in [0.2, 0.25) is 11.8 Å². The van der Waals surface area contributed by atoms with Gasteiger partial charge in [0, 0.05) is 25.7 Å². The van der Waals surface area contributed by atoms with Crippen LogP contribution in [0.1, 0.15) is 24.3 Å². The summed E-state index contributed by atoms with van der Waals surface area (Å²) in [4.78, 5) is 57.4. The number of phenols is 1. The van der Waals surface area contributed by atoms with Gasteiger partial charge in [0.15, 0.2) is 21.2 Å². The van der Waals surface area contributed by atoms with Crippen molar-refractivity contribution in [3.63, 3.8) is 0 Å². The standard InChI is InChI=1S/C41H34Cl2FN5O6/c1-47(2)26-13-7-24(8-14-26)45-46-25-9-15-27(16-10-25)48-36(51)30-18-17-29-31(34(30)37(48)52)21-40(42)38(53)49(28-11-5-23(44)6-12-28)39(54)41(40,43)35(29)22-4-19-32(50)33(20-22)55-3/h4-17,19-20,30-31,34-35,50H,18,21H2,1-3H3. The number of phenolic OH excluding ortho intramolecular Hbond substituents is 1. The number of hydrogen-bond donors (Lipinski definition) is 1. The average molecular weight is 783 g/mol. The van der Waals surface area contributed by atoms with Crippen molar-refractivity contribution in [3.8, 4) is 11.5 Å². The highest BCUT2D eigenvalue weighted by atomic mass is 35.5. The first-order valence-corrected chi connectivity index (χ1v) is 18.3. The zero-order valence-electron chi connectivity index (χ0n) is 29.8. The van der Waals surface area contributed by atoms with Gasteiger partial charge in [-0.3, -0.25) is 24.1 Å². The minimum atomic E-state index is -2.12. The van der Waals surface area contributed by atoms with Gasteiger partial charge in [0.05, 0.1) is 41.7 Å². The molecule has 1 N–H and O–H groups in total. The molecule has 1 saturated carbocycles. The minimum Gasteiger partial charge on any atom is -0.504 e. The molecule has 3 fully saturated rings. The molecule has 2 aliphatic heterocycles. The summed E-state index contributed by atoms with van der Waals surface area (Å²) in [5.74, 6) is -6.77. The van der Waals surface area contributed by atoms with Gasteiger partial charge in [-0.1, -0.05) is 17.7 Å². The van der Waals surface area contributed by atoms with Crippen LogP contribution in [0.2, 0.25) is 0 Å². The highest BCUT2D eigenvalue weighted by Crippen LogP contribution is 2.66. The first-order valence-electron chi connectivity index (χ1n) is 17.5. The summed E-state index contributed by atoms with van der Waals surface area (Å²) in [5.41, 5.74) is 3.58. The third-order valence-corrected chi connectivity index (χ3v) is 12.6. The number of azo groups is 1. The first-order chi connectivity index (χ1) is 26.3. The van der Waals surface area contributed by atoms with E-state index in [1.54, 1.807) is 30.3 Å².